The van der Waals surface area contributed by atoms with Gasteiger partial charge in [-0.2, -0.15) is 0 Å². The van der Waals surface area contributed by atoms with E-state index in [0.717, 1.165) is 9.80 Å². The van der Waals surface area contributed by atoms with Crippen LogP contribution in [0, 0.1) is 0 Å². The van der Waals surface area contributed by atoms with Gasteiger partial charge in [-0.25, -0.2) is 0 Å². The van der Waals surface area contributed by atoms with Crippen LogP contribution in [0.15, 0.2) is 83.4 Å². The minimum absolute atomic E-state index is 0.00744. The first-order valence-corrected chi connectivity index (χ1v) is 12.9. The van der Waals surface area contributed by atoms with Gasteiger partial charge in [0, 0.05) is 35.2 Å². The molecule has 200 valence electrons. The number of benzene rings is 3. The fourth-order valence-corrected chi connectivity index (χ4v) is 4.95. The molecule has 9 nitrogen and oxygen atoms in total. The van der Waals surface area contributed by atoms with Crippen molar-refractivity contribution in [2.24, 2.45) is 0 Å². The summed E-state index contributed by atoms with van der Waals surface area (Å²) in [6.07, 6.45) is 1.67. The molecule has 0 aliphatic carbocycles. The van der Waals surface area contributed by atoms with E-state index in [1.54, 1.807) is 72.8 Å². The molecule has 0 radical (unpaired) electrons. The van der Waals surface area contributed by atoms with Crippen molar-refractivity contribution in [3.05, 3.63) is 89.6 Å². The zero-order chi connectivity index (χ0) is 27.9. The summed E-state index contributed by atoms with van der Waals surface area (Å²) in [6, 6.07) is 20.6. The molecule has 4 amide bonds. The van der Waals surface area contributed by atoms with Crippen LogP contribution in [0.2, 0.25) is 0 Å². The van der Waals surface area contributed by atoms with E-state index in [0.29, 0.717) is 28.3 Å². The molecular formula is C29H27N3O6S. The van der Waals surface area contributed by atoms with Gasteiger partial charge >= 0.3 is 0 Å². The van der Waals surface area contributed by atoms with Gasteiger partial charge in [0.1, 0.15) is 17.2 Å². The molecule has 1 heterocycles. The molecule has 39 heavy (non-hydrogen) atoms. The molecule has 3 aromatic rings. The lowest BCUT2D eigenvalue weighted by molar-refractivity contribution is -0.136. The fourth-order valence-electron chi connectivity index (χ4n) is 3.84. The largest absolute Gasteiger partial charge is 0.497 e. The number of ether oxygens (including phenoxy) is 2. The van der Waals surface area contributed by atoms with E-state index in [1.165, 1.54) is 39.1 Å². The average molecular weight is 546 g/mol. The van der Waals surface area contributed by atoms with Crippen LogP contribution in [0.4, 0.5) is 5.69 Å². The molecule has 0 bridgehead atoms. The minimum Gasteiger partial charge on any atom is -0.497 e. The van der Waals surface area contributed by atoms with Crippen molar-refractivity contribution in [3.8, 4) is 11.5 Å². The molecule has 0 aromatic heterocycles. The summed E-state index contributed by atoms with van der Waals surface area (Å²) in [5.41, 5.74) is 1.39. The molecule has 1 atom stereocenters. The number of carbonyl (C=O) groups excluding carboxylic acids is 4. The van der Waals surface area contributed by atoms with Crippen molar-refractivity contribution < 1.29 is 28.7 Å². The molecule has 2 N–H and O–H groups in total. The van der Waals surface area contributed by atoms with E-state index in [1.807, 2.05) is 0 Å². The number of hydrogen-bond donors (Lipinski definition) is 2. The number of methoxy groups -OCH3 is 2. The molecule has 1 aliphatic heterocycles. The topological polar surface area (TPSA) is 114 Å². The van der Waals surface area contributed by atoms with E-state index >= 15 is 0 Å². The number of nitrogens with one attached hydrogen (secondary N) is 2. The Morgan fingerprint density at radius 2 is 1.69 bits per heavy atom. The summed E-state index contributed by atoms with van der Waals surface area (Å²) in [4.78, 5) is 52.2. The molecule has 0 saturated carbocycles. The molecule has 10 heteroatoms. The summed E-state index contributed by atoms with van der Waals surface area (Å²) in [5, 5.41) is 5.03. The number of imide groups is 1. The second-order valence-electron chi connectivity index (χ2n) is 8.57. The van der Waals surface area contributed by atoms with E-state index in [9.17, 15) is 19.2 Å². The Kier molecular flexibility index (Phi) is 8.67. The first-order valence-electron chi connectivity index (χ1n) is 12.0. The molecular weight excluding hydrogens is 518 g/mol. The maximum Gasteiger partial charge on any atom is 0.272 e. The number of thioether (sulfide) groups is 1. The smallest absolute Gasteiger partial charge is 0.272 e. The highest BCUT2D eigenvalue weighted by Crippen LogP contribution is 2.31. The number of hydrogen-bond acceptors (Lipinski definition) is 7. The minimum atomic E-state index is -0.553. The van der Waals surface area contributed by atoms with Gasteiger partial charge in [0.05, 0.1) is 19.5 Å². The number of rotatable bonds is 9. The Bertz CT molecular complexity index is 1420. The predicted octanol–water partition coefficient (Wildman–Crippen LogP) is 3.96. The quantitative estimate of drug-likeness (QED) is 0.309. The highest BCUT2D eigenvalue weighted by Gasteiger charge is 2.36. The summed E-state index contributed by atoms with van der Waals surface area (Å²) < 4.78 is 10.7. The molecule has 1 fully saturated rings. The second-order valence-corrected chi connectivity index (χ2v) is 9.84. The third-order valence-corrected chi connectivity index (χ3v) is 7.19. The van der Waals surface area contributed by atoms with Crippen LogP contribution in [0.5, 0.6) is 11.5 Å². The summed E-state index contributed by atoms with van der Waals surface area (Å²) in [5.74, 6) is -0.390. The highest BCUT2D eigenvalue weighted by atomic mass is 32.2. The Morgan fingerprint density at radius 3 is 2.31 bits per heavy atom. The number of likely N-dealkylation sites (tertiary alicyclic amines) is 1. The molecule has 1 saturated heterocycles. The monoisotopic (exact) mass is 545 g/mol. The van der Waals surface area contributed by atoms with Gasteiger partial charge in [0.25, 0.3) is 11.8 Å². The van der Waals surface area contributed by atoms with Crippen LogP contribution >= 0.6 is 11.8 Å². The standard InChI is InChI=1S/C29H27N3O6S/c1-32-26(33)17-25(29(32)36)39-22-12-9-20(10-13-22)30-28(35)23(31-27(34)18-7-5-4-6-8-18)16-19-15-21(37-2)11-14-24(19)38-3/h4-16,25H,17H2,1-3H3,(H,30,35)(H,31,34)/b23-16-. The maximum absolute atomic E-state index is 13.4. The lowest BCUT2D eigenvalue weighted by Gasteiger charge is -2.14. The number of amides is 4. The number of nitrogens with zero attached hydrogens (tertiary/aromatic N) is 1. The van der Waals surface area contributed by atoms with Gasteiger partial charge in [-0.15, -0.1) is 11.8 Å². The van der Waals surface area contributed by atoms with Gasteiger partial charge in [-0.05, 0) is 60.7 Å². The Morgan fingerprint density at radius 1 is 0.974 bits per heavy atom. The molecule has 1 aliphatic rings. The van der Waals surface area contributed by atoms with Crippen molar-refractivity contribution >= 4 is 47.2 Å². The van der Waals surface area contributed by atoms with Crippen LogP contribution in [-0.4, -0.2) is 55.0 Å². The zero-order valence-electron chi connectivity index (χ0n) is 21.6. The SMILES string of the molecule is COc1ccc(OC)c(/C=C(\NC(=O)c2ccccc2)C(=O)Nc2ccc(SC3CC(=O)N(C)C3=O)cc2)c1. The van der Waals surface area contributed by atoms with Crippen LogP contribution in [-0.2, 0) is 14.4 Å². The van der Waals surface area contributed by atoms with Gasteiger partial charge in [0.15, 0.2) is 0 Å². The van der Waals surface area contributed by atoms with E-state index in [-0.39, 0.29) is 23.9 Å². The summed E-state index contributed by atoms with van der Waals surface area (Å²) in [7, 11) is 4.52. The Hall–Kier alpha value is -4.57. The van der Waals surface area contributed by atoms with E-state index in [4.69, 9.17) is 9.47 Å². The number of anilines is 1. The van der Waals surface area contributed by atoms with Gasteiger partial charge < -0.3 is 20.1 Å². The molecule has 1 unspecified atom stereocenters. The fraction of sp³-hybridized carbons (Fsp3) is 0.172. The van der Waals surface area contributed by atoms with Crippen molar-refractivity contribution in [3.63, 3.8) is 0 Å². The Labute approximate surface area is 230 Å². The zero-order valence-corrected chi connectivity index (χ0v) is 22.4. The lowest BCUT2D eigenvalue weighted by atomic mass is 10.1. The summed E-state index contributed by atoms with van der Waals surface area (Å²) in [6.45, 7) is 0. The van der Waals surface area contributed by atoms with Gasteiger partial charge in [0.2, 0.25) is 11.8 Å². The third-order valence-electron chi connectivity index (χ3n) is 6.00. The van der Waals surface area contributed by atoms with Gasteiger partial charge in [-0.1, -0.05) is 18.2 Å². The molecule has 0 spiro atoms. The van der Waals surface area contributed by atoms with E-state index in [2.05, 4.69) is 10.6 Å². The average Bonchev–Trinajstić information content (AvgIpc) is 3.20. The van der Waals surface area contributed by atoms with Crippen LogP contribution in [0.25, 0.3) is 6.08 Å². The molecule has 4 rings (SSSR count). The first kappa shape index (κ1) is 27.5. The normalized spacial score (nSPS) is 15.2. The lowest BCUT2D eigenvalue weighted by Crippen LogP contribution is -2.30. The number of carbonyl (C=O) groups is 4. The van der Waals surface area contributed by atoms with Crippen LogP contribution < -0.4 is 20.1 Å². The van der Waals surface area contributed by atoms with Crippen molar-refractivity contribution in [1.82, 2.24) is 10.2 Å². The van der Waals surface area contributed by atoms with Crippen molar-refractivity contribution in [1.29, 1.82) is 0 Å². The van der Waals surface area contributed by atoms with Crippen LogP contribution in [0.3, 0.4) is 0 Å². The first-order chi connectivity index (χ1) is 18.8. The van der Waals surface area contributed by atoms with Crippen molar-refractivity contribution in [2.45, 2.75) is 16.6 Å². The maximum atomic E-state index is 13.4. The summed E-state index contributed by atoms with van der Waals surface area (Å²) >= 11 is 1.30. The third kappa shape index (κ3) is 6.66. The van der Waals surface area contributed by atoms with E-state index < -0.39 is 17.1 Å². The highest BCUT2D eigenvalue weighted by molar-refractivity contribution is 8.00. The predicted molar refractivity (Wildman–Crippen MR) is 149 cm³/mol. The van der Waals surface area contributed by atoms with Crippen molar-refractivity contribution in [2.75, 3.05) is 26.6 Å². The molecule has 3 aromatic carbocycles. The van der Waals surface area contributed by atoms with Gasteiger partial charge in [-0.3, -0.25) is 24.1 Å². The Balaban J connectivity index is 1.56. The van der Waals surface area contributed by atoms with Crippen LogP contribution in [0.1, 0.15) is 22.3 Å². The second kappa shape index (κ2) is 12.3.